The highest BCUT2D eigenvalue weighted by atomic mass is 32.2. The maximum atomic E-state index is 3.51. The van der Waals surface area contributed by atoms with E-state index in [1.54, 1.807) is 0 Å². The topological polar surface area (TPSA) is 15.3 Å². The van der Waals surface area contributed by atoms with Crippen LogP contribution in [0.4, 0.5) is 0 Å². The van der Waals surface area contributed by atoms with Gasteiger partial charge in [0.15, 0.2) is 0 Å². The summed E-state index contributed by atoms with van der Waals surface area (Å²) >= 11 is 2.13. The van der Waals surface area contributed by atoms with Crippen molar-refractivity contribution in [2.75, 3.05) is 31.1 Å². The van der Waals surface area contributed by atoms with Gasteiger partial charge in [0.25, 0.3) is 0 Å². The fourth-order valence-electron chi connectivity index (χ4n) is 2.66. The molecule has 2 nitrogen and oxygen atoms in total. The molecule has 2 rings (SSSR count). The second-order valence-electron chi connectivity index (χ2n) is 4.59. The van der Waals surface area contributed by atoms with E-state index in [-0.39, 0.29) is 0 Å². The molecule has 3 unspecified atom stereocenters. The molecule has 0 aliphatic carbocycles. The van der Waals surface area contributed by atoms with Gasteiger partial charge in [0.05, 0.1) is 0 Å². The number of nitrogens with one attached hydrogen (secondary N) is 1. The predicted octanol–water partition coefficient (Wildman–Crippen LogP) is 1.42. The Morgan fingerprint density at radius 1 is 1.43 bits per heavy atom. The van der Waals surface area contributed by atoms with E-state index in [4.69, 9.17) is 0 Å². The molecule has 2 fully saturated rings. The quantitative estimate of drug-likeness (QED) is 0.748. The summed E-state index contributed by atoms with van der Waals surface area (Å²) in [5, 5.41) is 3.51. The Bertz CT molecular complexity index is 186. The highest BCUT2D eigenvalue weighted by Gasteiger charge is 2.34. The Kier molecular flexibility index (Phi) is 3.74. The Balaban J connectivity index is 1.99. The molecule has 0 amide bonds. The van der Waals surface area contributed by atoms with E-state index in [1.807, 2.05) is 0 Å². The summed E-state index contributed by atoms with van der Waals surface area (Å²) in [7, 11) is 0. The molecule has 0 bridgehead atoms. The number of thioether (sulfide) groups is 1. The summed E-state index contributed by atoms with van der Waals surface area (Å²) in [4.78, 5) is 2.77. The number of hydrogen-bond acceptors (Lipinski definition) is 3. The normalized spacial score (nSPS) is 40.3. The molecule has 2 aliphatic rings. The van der Waals surface area contributed by atoms with Gasteiger partial charge in [-0.3, -0.25) is 4.90 Å². The lowest BCUT2D eigenvalue weighted by atomic mass is 10.00. The maximum absolute atomic E-state index is 3.51. The Labute approximate surface area is 91.8 Å². The average Bonchev–Trinajstić information content (AvgIpc) is 2.64. The van der Waals surface area contributed by atoms with E-state index in [9.17, 15) is 0 Å². The molecule has 2 saturated heterocycles. The maximum Gasteiger partial charge on any atom is 0.0223 e. The van der Waals surface area contributed by atoms with E-state index in [0.29, 0.717) is 0 Å². The molecule has 0 radical (unpaired) electrons. The van der Waals surface area contributed by atoms with Gasteiger partial charge in [-0.2, -0.15) is 11.8 Å². The fraction of sp³-hybridized carbons (Fsp3) is 1.00. The van der Waals surface area contributed by atoms with Crippen molar-refractivity contribution in [3.05, 3.63) is 0 Å². The summed E-state index contributed by atoms with van der Waals surface area (Å²) < 4.78 is 0. The lowest BCUT2D eigenvalue weighted by Crippen LogP contribution is -2.56. The average molecular weight is 214 g/mol. The summed E-state index contributed by atoms with van der Waals surface area (Å²) in [5.74, 6) is 3.62. The fourth-order valence-corrected chi connectivity index (χ4v) is 4.16. The minimum atomic E-state index is 0.787. The Hall–Kier alpha value is 0.270. The minimum Gasteiger partial charge on any atom is -0.314 e. The third kappa shape index (κ3) is 2.10. The highest BCUT2D eigenvalue weighted by Crippen LogP contribution is 2.30. The largest absolute Gasteiger partial charge is 0.314 e. The third-order valence-electron chi connectivity index (χ3n) is 3.62. The lowest BCUT2D eigenvalue weighted by molar-refractivity contribution is 0.0943. The van der Waals surface area contributed by atoms with E-state index in [2.05, 4.69) is 35.8 Å². The molecule has 2 aliphatic heterocycles. The Morgan fingerprint density at radius 2 is 2.29 bits per heavy atom. The molecule has 82 valence electrons. The smallest absolute Gasteiger partial charge is 0.0223 e. The van der Waals surface area contributed by atoms with Gasteiger partial charge in [0.1, 0.15) is 0 Å². The first-order chi connectivity index (χ1) is 6.83. The predicted molar refractivity (Wildman–Crippen MR) is 63.9 cm³/mol. The van der Waals surface area contributed by atoms with Gasteiger partial charge < -0.3 is 5.32 Å². The van der Waals surface area contributed by atoms with Gasteiger partial charge in [-0.15, -0.1) is 0 Å². The van der Waals surface area contributed by atoms with Gasteiger partial charge in [-0.1, -0.05) is 13.8 Å². The number of hydrogen-bond donors (Lipinski definition) is 1. The van der Waals surface area contributed by atoms with Crippen LogP contribution in [0.1, 0.15) is 20.3 Å². The number of rotatable bonds is 2. The van der Waals surface area contributed by atoms with E-state index in [1.165, 1.54) is 37.6 Å². The second-order valence-corrected chi connectivity index (χ2v) is 5.66. The zero-order valence-electron chi connectivity index (χ0n) is 9.33. The van der Waals surface area contributed by atoms with Crippen LogP contribution < -0.4 is 5.32 Å². The molecule has 2 heterocycles. The van der Waals surface area contributed by atoms with Gasteiger partial charge in [-0.25, -0.2) is 0 Å². The first kappa shape index (κ1) is 10.8. The van der Waals surface area contributed by atoms with Crippen LogP contribution in [0.15, 0.2) is 0 Å². The molecule has 1 N–H and O–H groups in total. The van der Waals surface area contributed by atoms with Crippen LogP contribution in [-0.2, 0) is 0 Å². The van der Waals surface area contributed by atoms with Crippen molar-refractivity contribution in [2.24, 2.45) is 5.92 Å². The molecule has 0 aromatic carbocycles. The lowest BCUT2D eigenvalue weighted by Gasteiger charge is -2.41. The van der Waals surface area contributed by atoms with E-state index in [0.717, 1.165) is 18.0 Å². The first-order valence-electron chi connectivity index (χ1n) is 5.87. The molecule has 0 saturated carbocycles. The summed E-state index contributed by atoms with van der Waals surface area (Å²) in [6.07, 6.45) is 1.29. The van der Waals surface area contributed by atoms with Crippen molar-refractivity contribution in [3.8, 4) is 0 Å². The van der Waals surface area contributed by atoms with Crippen LogP contribution in [0.25, 0.3) is 0 Å². The number of piperazine rings is 1. The van der Waals surface area contributed by atoms with Gasteiger partial charge >= 0.3 is 0 Å². The molecule has 0 aromatic heterocycles. The third-order valence-corrected chi connectivity index (χ3v) is 4.96. The summed E-state index contributed by atoms with van der Waals surface area (Å²) in [5.41, 5.74) is 0. The van der Waals surface area contributed by atoms with Crippen molar-refractivity contribution in [3.63, 3.8) is 0 Å². The standard InChI is InChI=1S/C11H22N2S/c1-3-10-6-12-4-5-13(10)11-8-14-7-9(11)2/h9-12H,3-8H2,1-2H3. The molecular formula is C11H22N2S. The monoisotopic (exact) mass is 214 g/mol. The van der Waals surface area contributed by atoms with Crippen LogP contribution in [0.2, 0.25) is 0 Å². The van der Waals surface area contributed by atoms with Crippen LogP contribution in [0.3, 0.4) is 0 Å². The molecule has 3 atom stereocenters. The molecular weight excluding hydrogens is 192 g/mol. The first-order valence-corrected chi connectivity index (χ1v) is 7.02. The molecule has 0 aromatic rings. The Morgan fingerprint density at radius 3 is 2.93 bits per heavy atom. The van der Waals surface area contributed by atoms with E-state index < -0.39 is 0 Å². The molecule has 3 heteroatoms. The van der Waals surface area contributed by atoms with Gasteiger partial charge in [-0.05, 0) is 18.1 Å². The van der Waals surface area contributed by atoms with Crippen molar-refractivity contribution in [1.29, 1.82) is 0 Å². The van der Waals surface area contributed by atoms with Crippen molar-refractivity contribution >= 4 is 11.8 Å². The van der Waals surface area contributed by atoms with Crippen molar-refractivity contribution in [1.82, 2.24) is 10.2 Å². The van der Waals surface area contributed by atoms with Crippen LogP contribution in [0, 0.1) is 5.92 Å². The van der Waals surface area contributed by atoms with Crippen LogP contribution in [-0.4, -0.2) is 48.1 Å². The molecule has 0 spiro atoms. The SMILES string of the molecule is CCC1CNCCN1C1CSCC1C. The molecule has 14 heavy (non-hydrogen) atoms. The van der Waals surface area contributed by atoms with Crippen LogP contribution >= 0.6 is 11.8 Å². The summed E-state index contributed by atoms with van der Waals surface area (Å²) in [6, 6.07) is 1.64. The highest BCUT2D eigenvalue weighted by molar-refractivity contribution is 7.99. The second kappa shape index (κ2) is 4.86. The van der Waals surface area contributed by atoms with E-state index >= 15 is 0 Å². The number of nitrogens with zero attached hydrogens (tertiary/aromatic N) is 1. The minimum absolute atomic E-state index is 0.787. The van der Waals surface area contributed by atoms with Crippen LogP contribution in [0.5, 0.6) is 0 Å². The zero-order chi connectivity index (χ0) is 9.97. The zero-order valence-corrected chi connectivity index (χ0v) is 10.1. The van der Waals surface area contributed by atoms with Crippen molar-refractivity contribution < 1.29 is 0 Å². The van der Waals surface area contributed by atoms with Crippen molar-refractivity contribution in [2.45, 2.75) is 32.4 Å². The van der Waals surface area contributed by atoms with Gasteiger partial charge in [0, 0.05) is 37.5 Å². The van der Waals surface area contributed by atoms with Gasteiger partial charge in [0.2, 0.25) is 0 Å². The summed E-state index contributed by atoms with van der Waals surface area (Å²) in [6.45, 7) is 8.37.